The number of aromatic nitrogens is 1. The number of nitrogens with one attached hydrogen (secondary N) is 1. The molecule has 0 saturated carbocycles. The molecule has 5 nitrogen and oxygen atoms in total. The minimum Gasteiger partial charge on any atom is -0.548 e. The molecule has 0 aliphatic rings. The number of rotatable bonds is 5. The Bertz CT molecular complexity index is 590. The standard InChI is InChI=1S/C15H14N2O3.Na/c18-14(12-6-2-1-3-7-12)17-13(15(19)20)9-11-5-4-8-16-10-11;/h1-8,10,13H,9H2,(H,17,18)(H,19,20);/q;+1/p-1. The van der Waals surface area contributed by atoms with Gasteiger partial charge in [-0.1, -0.05) is 24.3 Å². The van der Waals surface area contributed by atoms with Gasteiger partial charge in [-0.3, -0.25) is 9.78 Å². The number of pyridine rings is 1. The van der Waals surface area contributed by atoms with Gasteiger partial charge in [0.05, 0.1) is 12.0 Å². The smallest absolute Gasteiger partial charge is 0.548 e. The molecule has 0 aliphatic carbocycles. The Morgan fingerprint density at radius 3 is 2.43 bits per heavy atom. The molecule has 1 heterocycles. The van der Waals surface area contributed by atoms with Gasteiger partial charge >= 0.3 is 29.6 Å². The van der Waals surface area contributed by atoms with Crippen LogP contribution in [-0.2, 0) is 11.2 Å². The van der Waals surface area contributed by atoms with Crippen LogP contribution < -0.4 is 40.0 Å². The summed E-state index contributed by atoms with van der Waals surface area (Å²) in [4.78, 5) is 27.0. The Kier molecular flexibility index (Phi) is 7.08. The molecule has 2 rings (SSSR count). The molecule has 1 atom stereocenters. The largest absolute Gasteiger partial charge is 1.00 e. The summed E-state index contributed by atoms with van der Waals surface area (Å²) in [7, 11) is 0. The predicted octanol–water partition coefficient (Wildman–Crippen LogP) is -2.82. The number of hydrogen-bond donors (Lipinski definition) is 1. The van der Waals surface area contributed by atoms with Crippen molar-refractivity contribution in [1.29, 1.82) is 0 Å². The molecule has 0 spiro atoms. The van der Waals surface area contributed by atoms with Crippen LogP contribution in [0.5, 0.6) is 0 Å². The maximum atomic E-state index is 11.9. The van der Waals surface area contributed by atoms with E-state index >= 15 is 0 Å². The van der Waals surface area contributed by atoms with Gasteiger partial charge in [0, 0.05) is 18.0 Å². The van der Waals surface area contributed by atoms with Gasteiger partial charge in [-0.25, -0.2) is 0 Å². The molecule has 1 unspecified atom stereocenters. The second kappa shape index (κ2) is 8.56. The second-order valence-electron chi connectivity index (χ2n) is 4.28. The molecule has 1 N–H and O–H groups in total. The molecular weight excluding hydrogens is 279 g/mol. The number of carboxylic acid groups (broad SMARTS) is 1. The van der Waals surface area contributed by atoms with Crippen LogP contribution in [0.25, 0.3) is 0 Å². The van der Waals surface area contributed by atoms with Crippen molar-refractivity contribution in [3.63, 3.8) is 0 Å². The van der Waals surface area contributed by atoms with Crippen molar-refractivity contribution in [2.24, 2.45) is 0 Å². The summed E-state index contributed by atoms with van der Waals surface area (Å²) in [5, 5.41) is 13.6. The molecule has 6 heteroatoms. The minimum absolute atomic E-state index is 0. The molecule has 1 aromatic carbocycles. The Balaban J connectivity index is 0.00000220. The molecule has 2 aromatic rings. The first-order valence-electron chi connectivity index (χ1n) is 6.12. The fourth-order valence-corrected chi connectivity index (χ4v) is 1.78. The van der Waals surface area contributed by atoms with E-state index in [0.29, 0.717) is 5.56 Å². The number of amides is 1. The van der Waals surface area contributed by atoms with E-state index in [1.807, 2.05) is 0 Å². The van der Waals surface area contributed by atoms with Crippen LogP contribution in [0.3, 0.4) is 0 Å². The first kappa shape index (κ1) is 17.4. The molecule has 0 aliphatic heterocycles. The van der Waals surface area contributed by atoms with Gasteiger partial charge in [0.1, 0.15) is 0 Å². The average Bonchev–Trinajstić information content (AvgIpc) is 2.48. The summed E-state index contributed by atoms with van der Waals surface area (Å²) >= 11 is 0. The molecule has 102 valence electrons. The van der Waals surface area contributed by atoms with Gasteiger partial charge in [0.25, 0.3) is 5.91 Å². The van der Waals surface area contributed by atoms with E-state index in [1.165, 1.54) is 0 Å². The second-order valence-corrected chi connectivity index (χ2v) is 4.28. The third-order valence-corrected chi connectivity index (χ3v) is 2.79. The third kappa shape index (κ3) is 5.30. The first-order chi connectivity index (χ1) is 9.66. The van der Waals surface area contributed by atoms with Gasteiger partial charge in [-0.15, -0.1) is 0 Å². The molecular formula is C15H13N2NaO3. The van der Waals surface area contributed by atoms with Gasteiger partial charge in [0.2, 0.25) is 0 Å². The van der Waals surface area contributed by atoms with E-state index in [0.717, 1.165) is 5.56 Å². The maximum Gasteiger partial charge on any atom is 1.00 e. The fraction of sp³-hybridized carbons (Fsp3) is 0.133. The zero-order valence-electron chi connectivity index (χ0n) is 11.7. The normalized spacial score (nSPS) is 11.0. The predicted molar refractivity (Wildman–Crippen MR) is 70.6 cm³/mol. The number of hydrogen-bond acceptors (Lipinski definition) is 4. The molecule has 0 saturated heterocycles. The number of carboxylic acids is 1. The van der Waals surface area contributed by atoms with Crippen molar-refractivity contribution in [1.82, 2.24) is 10.3 Å². The van der Waals surface area contributed by atoms with E-state index in [1.54, 1.807) is 54.9 Å². The van der Waals surface area contributed by atoms with Gasteiger partial charge in [0.15, 0.2) is 0 Å². The van der Waals surface area contributed by atoms with Crippen molar-refractivity contribution in [2.75, 3.05) is 0 Å². The van der Waals surface area contributed by atoms with Crippen LogP contribution in [0.4, 0.5) is 0 Å². The third-order valence-electron chi connectivity index (χ3n) is 2.79. The number of carbonyl (C=O) groups excluding carboxylic acids is 2. The summed E-state index contributed by atoms with van der Waals surface area (Å²) in [5.41, 5.74) is 1.12. The molecule has 1 aromatic heterocycles. The first-order valence-corrected chi connectivity index (χ1v) is 6.12. The summed E-state index contributed by atoms with van der Waals surface area (Å²) in [6, 6.07) is 10.8. The summed E-state index contributed by atoms with van der Waals surface area (Å²) in [6.07, 6.45) is 3.29. The van der Waals surface area contributed by atoms with Gasteiger partial charge in [-0.2, -0.15) is 0 Å². The van der Waals surface area contributed by atoms with Crippen LogP contribution >= 0.6 is 0 Å². The van der Waals surface area contributed by atoms with Crippen LogP contribution in [-0.4, -0.2) is 22.9 Å². The minimum atomic E-state index is -1.32. The van der Waals surface area contributed by atoms with Gasteiger partial charge < -0.3 is 15.2 Å². The van der Waals surface area contributed by atoms with E-state index in [9.17, 15) is 14.7 Å². The van der Waals surface area contributed by atoms with Crippen LogP contribution in [0.15, 0.2) is 54.9 Å². The van der Waals surface area contributed by atoms with E-state index in [2.05, 4.69) is 10.3 Å². The molecule has 0 radical (unpaired) electrons. The van der Waals surface area contributed by atoms with Crippen molar-refractivity contribution in [2.45, 2.75) is 12.5 Å². The Hall–Kier alpha value is -1.69. The molecule has 1 amide bonds. The van der Waals surface area contributed by atoms with Crippen molar-refractivity contribution in [3.05, 3.63) is 66.0 Å². The zero-order chi connectivity index (χ0) is 14.4. The Morgan fingerprint density at radius 1 is 1.14 bits per heavy atom. The molecule has 0 bridgehead atoms. The topological polar surface area (TPSA) is 82.1 Å². The van der Waals surface area contributed by atoms with Crippen molar-refractivity contribution < 1.29 is 44.3 Å². The Morgan fingerprint density at radius 2 is 1.86 bits per heavy atom. The van der Waals surface area contributed by atoms with Crippen LogP contribution in [0, 0.1) is 0 Å². The number of carbonyl (C=O) groups is 2. The molecule has 0 fully saturated rings. The summed E-state index contributed by atoms with van der Waals surface area (Å²) in [6.45, 7) is 0. The number of aliphatic carboxylic acids is 1. The van der Waals surface area contributed by atoms with E-state index in [4.69, 9.17) is 0 Å². The quantitative estimate of drug-likeness (QED) is 0.603. The van der Waals surface area contributed by atoms with E-state index < -0.39 is 17.9 Å². The van der Waals surface area contributed by atoms with Crippen molar-refractivity contribution in [3.8, 4) is 0 Å². The maximum absolute atomic E-state index is 11.9. The number of nitrogens with zero attached hydrogens (tertiary/aromatic N) is 1. The summed E-state index contributed by atoms with van der Waals surface area (Å²) < 4.78 is 0. The summed E-state index contributed by atoms with van der Waals surface area (Å²) in [5.74, 6) is -1.76. The molecule has 21 heavy (non-hydrogen) atoms. The SMILES string of the molecule is O=C(NC(Cc1cccnc1)C(=O)[O-])c1ccccc1.[Na+]. The van der Waals surface area contributed by atoms with Gasteiger partial charge in [-0.05, 0) is 30.2 Å². The van der Waals surface area contributed by atoms with Crippen molar-refractivity contribution >= 4 is 11.9 Å². The fourth-order valence-electron chi connectivity index (χ4n) is 1.78. The van der Waals surface area contributed by atoms with E-state index in [-0.39, 0.29) is 36.0 Å². The Labute approximate surface area is 144 Å². The average molecular weight is 292 g/mol. The zero-order valence-corrected chi connectivity index (χ0v) is 13.7. The number of benzene rings is 1. The van der Waals surface area contributed by atoms with Crippen LogP contribution in [0.2, 0.25) is 0 Å². The van der Waals surface area contributed by atoms with Crippen LogP contribution in [0.1, 0.15) is 15.9 Å². The monoisotopic (exact) mass is 292 g/mol.